The molecular formula is C14H10ClFN2O2. The molecule has 0 spiro atoms. The van der Waals surface area contributed by atoms with Crippen LogP contribution in [-0.4, -0.2) is 11.8 Å². The second-order valence-electron chi connectivity index (χ2n) is 3.88. The van der Waals surface area contributed by atoms with Crippen molar-refractivity contribution in [3.05, 3.63) is 60.4 Å². The van der Waals surface area contributed by atoms with Gasteiger partial charge in [0, 0.05) is 17.5 Å². The smallest absolute Gasteiger partial charge is 0.318 e. The molecule has 2 aromatic carbocycles. The average molecular weight is 293 g/mol. The van der Waals surface area contributed by atoms with Crippen LogP contribution in [0.5, 0.6) is 0 Å². The quantitative estimate of drug-likeness (QED) is 0.683. The van der Waals surface area contributed by atoms with Crippen LogP contribution in [0.15, 0.2) is 54.6 Å². The van der Waals surface area contributed by atoms with Crippen LogP contribution < -0.4 is 9.74 Å². The van der Waals surface area contributed by atoms with Gasteiger partial charge in [-0.1, -0.05) is 18.2 Å². The van der Waals surface area contributed by atoms with Crippen molar-refractivity contribution < 1.29 is 14.0 Å². The maximum absolute atomic E-state index is 12.7. The third kappa shape index (κ3) is 3.33. The number of amides is 2. The first-order valence-electron chi connectivity index (χ1n) is 5.70. The van der Waals surface area contributed by atoms with Crippen LogP contribution in [0.3, 0.4) is 0 Å². The summed E-state index contributed by atoms with van der Waals surface area (Å²) in [6.45, 7) is 0. The zero-order valence-corrected chi connectivity index (χ0v) is 11.0. The van der Waals surface area contributed by atoms with Gasteiger partial charge in [-0.15, -0.1) is 0 Å². The maximum atomic E-state index is 12.7. The van der Waals surface area contributed by atoms with E-state index in [1.807, 2.05) is 0 Å². The molecule has 0 bridgehead atoms. The first-order valence-corrected chi connectivity index (χ1v) is 6.03. The molecule has 0 saturated carbocycles. The van der Waals surface area contributed by atoms with Gasteiger partial charge >= 0.3 is 11.8 Å². The van der Waals surface area contributed by atoms with Gasteiger partial charge in [-0.25, -0.2) is 8.81 Å². The standard InChI is InChI=1S/C14H10ClFN2O2/c15-18(12-4-2-1-3-5-12)14(20)13(19)17-11-8-6-10(16)7-9-11/h1-9H,(H,17,19). The van der Waals surface area contributed by atoms with Gasteiger partial charge in [0.25, 0.3) is 0 Å². The number of hydrogen-bond donors (Lipinski definition) is 1. The van der Waals surface area contributed by atoms with Crippen molar-refractivity contribution >= 4 is 35.0 Å². The van der Waals surface area contributed by atoms with Gasteiger partial charge in [0.2, 0.25) is 0 Å². The fourth-order valence-electron chi connectivity index (χ4n) is 1.48. The lowest BCUT2D eigenvalue weighted by Crippen LogP contribution is -2.33. The molecule has 1 N–H and O–H groups in total. The summed E-state index contributed by atoms with van der Waals surface area (Å²) >= 11 is 5.81. The van der Waals surface area contributed by atoms with E-state index >= 15 is 0 Å². The van der Waals surface area contributed by atoms with Gasteiger partial charge in [0.15, 0.2) is 0 Å². The Morgan fingerprint density at radius 2 is 1.60 bits per heavy atom. The highest BCUT2D eigenvalue weighted by Gasteiger charge is 2.21. The predicted molar refractivity (Wildman–Crippen MR) is 74.8 cm³/mol. The molecule has 0 saturated heterocycles. The molecule has 2 aromatic rings. The molecule has 4 nitrogen and oxygen atoms in total. The van der Waals surface area contributed by atoms with E-state index in [1.54, 1.807) is 30.3 Å². The molecule has 0 unspecified atom stereocenters. The highest BCUT2D eigenvalue weighted by Crippen LogP contribution is 2.16. The Kier molecular flexibility index (Phi) is 4.32. The lowest BCUT2D eigenvalue weighted by atomic mass is 10.3. The van der Waals surface area contributed by atoms with E-state index in [9.17, 15) is 14.0 Å². The van der Waals surface area contributed by atoms with Crippen LogP contribution in [0, 0.1) is 5.82 Å². The number of halogens is 2. The van der Waals surface area contributed by atoms with Gasteiger partial charge in [-0.3, -0.25) is 9.59 Å². The van der Waals surface area contributed by atoms with E-state index in [4.69, 9.17) is 11.8 Å². The number of hydrogen-bond acceptors (Lipinski definition) is 2. The second kappa shape index (κ2) is 6.16. The summed E-state index contributed by atoms with van der Waals surface area (Å²) in [6.07, 6.45) is 0. The predicted octanol–water partition coefficient (Wildman–Crippen LogP) is 2.95. The third-order valence-corrected chi connectivity index (χ3v) is 2.81. The lowest BCUT2D eigenvalue weighted by molar-refractivity contribution is -0.133. The number of para-hydroxylation sites is 1. The van der Waals surface area contributed by atoms with E-state index in [0.717, 1.165) is 4.42 Å². The molecule has 0 heterocycles. The summed E-state index contributed by atoms with van der Waals surface area (Å²) in [7, 11) is 0. The van der Waals surface area contributed by atoms with Crippen molar-refractivity contribution in [1.82, 2.24) is 0 Å². The molecule has 6 heteroatoms. The molecule has 0 aliphatic heterocycles. The average Bonchev–Trinajstić information content (AvgIpc) is 2.49. The number of carbonyl (C=O) groups excluding carboxylic acids is 2. The molecule has 0 radical (unpaired) electrons. The Hall–Kier alpha value is -2.40. The van der Waals surface area contributed by atoms with Crippen LogP contribution in [0.4, 0.5) is 15.8 Å². The maximum Gasteiger partial charge on any atom is 0.331 e. The van der Waals surface area contributed by atoms with Gasteiger partial charge in [0.1, 0.15) is 5.82 Å². The Labute approximate surface area is 119 Å². The SMILES string of the molecule is O=C(Nc1ccc(F)cc1)C(=O)N(Cl)c1ccccc1. The molecular weight excluding hydrogens is 283 g/mol. The number of nitrogens with one attached hydrogen (secondary N) is 1. The fourth-order valence-corrected chi connectivity index (χ4v) is 1.67. The van der Waals surface area contributed by atoms with E-state index in [0.29, 0.717) is 11.4 Å². The van der Waals surface area contributed by atoms with Gasteiger partial charge < -0.3 is 5.32 Å². The van der Waals surface area contributed by atoms with E-state index in [2.05, 4.69) is 5.32 Å². The van der Waals surface area contributed by atoms with Crippen molar-refractivity contribution in [3.63, 3.8) is 0 Å². The number of rotatable bonds is 2. The first kappa shape index (κ1) is 14.0. The van der Waals surface area contributed by atoms with Crippen molar-refractivity contribution in [1.29, 1.82) is 0 Å². The molecule has 0 atom stereocenters. The Morgan fingerprint density at radius 1 is 1.00 bits per heavy atom. The van der Waals surface area contributed by atoms with Crippen LogP contribution in [0.2, 0.25) is 0 Å². The lowest BCUT2D eigenvalue weighted by Gasteiger charge is -2.13. The van der Waals surface area contributed by atoms with Crippen molar-refractivity contribution in [2.75, 3.05) is 9.74 Å². The molecule has 0 aliphatic carbocycles. The molecule has 0 fully saturated rings. The molecule has 0 aromatic heterocycles. The van der Waals surface area contributed by atoms with E-state index < -0.39 is 17.6 Å². The van der Waals surface area contributed by atoms with Gasteiger partial charge in [-0.05, 0) is 36.4 Å². The van der Waals surface area contributed by atoms with Crippen LogP contribution in [0.1, 0.15) is 0 Å². The zero-order chi connectivity index (χ0) is 14.5. The largest absolute Gasteiger partial charge is 0.331 e. The first-order chi connectivity index (χ1) is 9.58. The Balaban J connectivity index is 2.05. The fraction of sp³-hybridized carbons (Fsp3) is 0. The van der Waals surface area contributed by atoms with Crippen molar-refractivity contribution in [3.8, 4) is 0 Å². The monoisotopic (exact) mass is 292 g/mol. The van der Waals surface area contributed by atoms with Crippen molar-refractivity contribution in [2.45, 2.75) is 0 Å². The molecule has 102 valence electrons. The number of anilines is 2. The molecule has 0 aliphatic rings. The normalized spacial score (nSPS) is 9.90. The number of carbonyl (C=O) groups is 2. The highest BCUT2D eigenvalue weighted by molar-refractivity contribution is 6.54. The molecule has 2 amide bonds. The second-order valence-corrected chi connectivity index (χ2v) is 4.22. The number of benzene rings is 2. The van der Waals surface area contributed by atoms with Crippen LogP contribution in [-0.2, 0) is 9.59 Å². The summed E-state index contributed by atoms with van der Waals surface area (Å²) in [5.41, 5.74) is 0.691. The molecule has 2 rings (SSSR count). The third-order valence-electron chi connectivity index (χ3n) is 2.46. The highest BCUT2D eigenvalue weighted by atomic mass is 35.5. The summed E-state index contributed by atoms with van der Waals surface area (Å²) in [5, 5.41) is 2.34. The van der Waals surface area contributed by atoms with E-state index in [-0.39, 0.29) is 0 Å². The number of nitrogens with zero attached hydrogens (tertiary/aromatic N) is 1. The van der Waals surface area contributed by atoms with E-state index in [1.165, 1.54) is 24.3 Å². The minimum atomic E-state index is -0.929. The summed E-state index contributed by atoms with van der Waals surface area (Å²) in [5.74, 6) is -2.27. The summed E-state index contributed by atoms with van der Waals surface area (Å²) in [6, 6.07) is 13.4. The summed E-state index contributed by atoms with van der Waals surface area (Å²) in [4.78, 5) is 23.6. The van der Waals surface area contributed by atoms with Crippen LogP contribution >= 0.6 is 11.8 Å². The Bertz CT molecular complexity index is 617. The Morgan fingerprint density at radius 3 is 2.20 bits per heavy atom. The minimum Gasteiger partial charge on any atom is -0.318 e. The topological polar surface area (TPSA) is 49.4 Å². The van der Waals surface area contributed by atoms with Gasteiger partial charge in [0.05, 0.1) is 5.69 Å². The van der Waals surface area contributed by atoms with Crippen LogP contribution in [0.25, 0.3) is 0 Å². The van der Waals surface area contributed by atoms with Gasteiger partial charge in [-0.2, -0.15) is 0 Å². The zero-order valence-electron chi connectivity index (χ0n) is 10.2. The van der Waals surface area contributed by atoms with Crippen molar-refractivity contribution in [2.24, 2.45) is 0 Å². The minimum absolute atomic E-state index is 0.308. The molecule has 20 heavy (non-hydrogen) atoms. The summed E-state index contributed by atoms with van der Waals surface area (Å²) < 4.78 is 13.4.